The second-order valence-corrected chi connectivity index (χ2v) is 6.07. The summed E-state index contributed by atoms with van der Waals surface area (Å²) < 4.78 is 0. The highest BCUT2D eigenvalue weighted by Gasteiger charge is 2.26. The molecule has 0 unspecified atom stereocenters. The van der Waals surface area contributed by atoms with E-state index in [4.69, 9.17) is 0 Å². The molecule has 0 aromatic carbocycles. The number of nitrogens with zero attached hydrogens (tertiary/aromatic N) is 2. The van der Waals surface area contributed by atoms with Crippen LogP contribution in [-0.4, -0.2) is 54.0 Å². The molecule has 20 heavy (non-hydrogen) atoms. The number of carbonyl (C=O) groups is 2. The molecule has 5 heteroatoms. The van der Waals surface area contributed by atoms with E-state index in [1.165, 1.54) is 6.42 Å². The normalized spacial score (nSPS) is 21.9. The molecule has 0 radical (unpaired) electrons. The SMILES string of the molecule is CCC1CCN(C(=O)NC2CCN(C(C)=O)CC2)CC1. The van der Waals surface area contributed by atoms with Crippen molar-refractivity contribution in [3.63, 3.8) is 0 Å². The molecule has 2 rings (SSSR count). The van der Waals surface area contributed by atoms with E-state index in [1.807, 2.05) is 9.80 Å². The van der Waals surface area contributed by atoms with Crippen LogP contribution < -0.4 is 5.32 Å². The van der Waals surface area contributed by atoms with Gasteiger partial charge in [-0.05, 0) is 31.6 Å². The highest BCUT2D eigenvalue weighted by molar-refractivity contribution is 5.75. The number of hydrogen-bond acceptors (Lipinski definition) is 2. The van der Waals surface area contributed by atoms with Crippen LogP contribution in [0.2, 0.25) is 0 Å². The standard InChI is InChI=1S/C15H27N3O2/c1-3-13-4-8-18(9-5-13)15(20)16-14-6-10-17(11-7-14)12(2)19/h13-14H,3-11H2,1-2H3,(H,16,20). The fourth-order valence-electron chi connectivity index (χ4n) is 3.15. The van der Waals surface area contributed by atoms with Gasteiger partial charge in [-0.15, -0.1) is 0 Å². The van der Waals surface area contributed by atoms with Crippen molar-refractivity contribution < 1.29 is 9.59 Å². The average Bonchev–Trinajstić information content (AvgIpc) is 2.48. The molecule has 1 N–H and O–H groups in total. The van der Waals surface area contributed by atoms with Crippen LogP contribution in [-0.2, 0) is 4.79 Å². The van der Waals surface area contributed by atoms with Crippen molar-refractivity contribution in [1.82, 2.24) is 15.1 Å². The third-order valence-electron chi connectivity index (χ3n) is 4.75. The third kappa shape index (κ3) is 3.87. The lowest BCUT2D eigenvalue weighted by Gasteiger charge is -2.35. The maximum atomic E-state index is 12.2. The Morgan fingerprint density at radius 1 is 1.00 bits per heavy atom. The zero-order valence-electron chi connectivity index (χ0n) is 12.7. The van der Waals surface area contributed by atoms with Crippen LogP contribution in [0.5, 0.6) is 0 Å². The summed E-state index contributed by atoms with van der Waals surface area (Å²) in [5, 5.41) is 3.13. The first-order valence-electron chi connectivity index (χ1n) is 7.91. The molecule has 2 aliphatic rings. The van der Waals surface area contributed by atoms with Crippen LogP contribution in [0.15, 0.2) is 0 Å². The topological polar surface area (TPSA) is 52.7 Å². The smallest absolute Gasteiger partial charge is 0.317 e. The van der Waals surface area contributed by atoms with Gasteiger partial charge < -0.3 is 15.1 Å². The molecule has 5 nitrogen and oxygen atoms in total. The van der Waals surface area contributed by atoms with Crippen LogP contribution in [0.4, 0.5) is 4.79 Å². The van der Waals surface area contributed by atoms with Crippen molar-refractivity contribution in [2.24, 2.45) is 5.92 Å². The number of piperidine rings is 2. The molecule has 0 atom stereocenters. The highest BCUT2D eigenvalue weighted by Crippen LogP contribution is 2.20. The minimum atomic E-state index is 0.0841. The van der Waals surface area contributed by atoms with E-state index in [0.717, 1.165) is 57.8 Å². The quantitative estimate of drug-likeness (QED) is 0.839. The summed E-state index contributed by atoms with van der Waals surface area (Å²) in [6.45, 7) is 7.13. The molecule has 0 aromatic rings. The Labute approximate surface area is 121 Å². The van der Waals surface area contributed by atoms with Gasteiger partial charge in [-0.3, -0.25) is 4.79 Å². The number of hydrogen-bond donors (Lipinski definition) is 1. The maximum Gasteiger partial charge on any atom is 0.317 e. The lowest BCUT2D eigenvalue weighted by Crippen LogP contribution is -2.51. The van der Waals surface area contributed by atoms with Crippen molar-refractivity contribution in [3.8, 4) is 0 Å². The second-order valence-electron chi connectivity index (χ2n) is 6.07. The van der Waals surface area contributed by atoms with Crippen LogP contribution in [0, 0.1) is 5.92 Å². The molecule has 0 aromatic heterocycles. The van der Waals surface area contributed by atoms with Gasteiger partial charge in [0, 0.05) is 39.1 Å². The first kappa shape index (κ1) is 15.1. The highest BCUT2D eigenvalue weighted by atomic mass is 16.2. The summed E-state index contributed by atoms with van der Waals surface area (Å²) >= 11 is 0. The summed E-state index contributed by atoms with van der Waals surface area (Å²) in [5.41, 5.74) is 0. The zero-order valence-corrected chi connectivity index (χ0v) is 12.7. The van der Waals surface area contributed by atoms with E-state index >= 15 is 0 Å². The van der Waals surface area contributed by atoms with E-state index in [9.17, 15) is 9.59 Å². The monoisotopic (exact) mass is 281 g/mol. The average molecular weight is 281 g/mol. The fraction of sp³-hybridized carbons (Fsp3) is 0.867. The van der Waals surface area contributed by atoms with E-state index in [2.05, 4.69) is 12.2 Å². The number of carbonyl (C=O) groups excluding carboxylic acids is 2. The van der Waals surface area contributed by atoms with Crippen LogP contribution in [0.1, 0.15) is 46.0 Å². The first-order valence-corrected chi connectivity index (χ1v) is 7.91. The molecule has 2 saturated heterocycles. The van der Waals surface area contributed by atoms with Crippen molar-refractivity contribution in [2.45, 2.75) is 52.0 Å². The molecular formula is C15H27N3O2. The second kappa shape index (κ2) is 6.95. The number of urea groups is 1. The Morgan fingerprint density at radius 2 is 1.55 bits per heavy atom. The maximum absolute atomic E-state index is 12.2. The van der Waals surface area contributed by atoms with Gasteiger partial charge in [0.2, 0.25) is 5.91 Å². The Hall–Kier alpha value is -1.26. The summed E-state index contributed by atoms with van der Waals surface area (Å²) in [4.78, 5) is 27.3. The Balaban J connectivity index is 1.72. The minimum absolute atomic E-state index is 0.0841. The number of amides is 3. The zero-order chi connectivity index (χ0) is 14.5. The van der Waals surface area contributed by atoms with Gasteiger partial charge in [-0.2, -0.15) is 0 Å². The van der Waals surface area contributed by atoms with Crippen molar-refractivity contribution in [1.29, 1.82) is 0 Å². The molecule has 0 saturated carbocycles. The van der Waals surface area contributed by atoms with Gasteiger partial charge in [-0.1, -0.05) is 13.3 Å². The van der Waals surface area contributed by atoms with Gasteiger partial charge in [-0.25, -0.2) is 4.79 Å². The molecule has 0 bridgehead atoms. The van der Waals surface area contributed by atoms with E-state index < -0.39 is 0 Å². The summed E-state index contributed by atoms with van der Waals surface area (Å²) in [6, 6.07) is 0.308. The summed E-state index contributed by atoms with van der Waals surface area (Å²) in [5.74, 6) is 0.925. The van der Waals surface area contributed by atoms with Crippen molar-refractivity contribution >= 4 is 11.9 Å². The Morgan fingerprint density at radius 3 is 2.05 bits per heavy atom. The minimum Gasteiger partial charge on any atom is -0.343 e. The largest absolute Gasteiger partial charge is 0.343 e. The predicted molar refractivity (Wildman–Crippen MR) is 78.4 cm³/mol. The van der Waals surface area contributed by atoms with Gasteiger partial charge in [0.1, 0.15) is 0 Å². The van der Waals surface area contributed by atoms with Gasteiger partial charge in [0.05, 0.1) is 0 Å². The molecular weight excluding hydrogens is 254 g/mol. The number of likely N-dealkylation sites (tertiary alicyclic amines) is 2. The lowest BCUT2D eigenvalue weighted by molar-refractivity contribution is -0.129. The van der Waals surface area contributed by atoms with Crippen LogP contribution in [0.3, 0.4) is 0 Å². The van der Waals surface area contributed by atoms with E-state index in [0.29, 0.717) is 0 Å². The number of rotatable bonds is 2. The molecule has 114 valence electrons. The van der Waals surface area contributed by atoms with Crippen LogP contribution >= 0.6 is 0 Å². The molecule has 2 aliphatic heterocycles. The third-order valence-corrected chi connectivity index (χ3v) is 4.75. The molecule has 2 heterocycles. The lowest BCUT2D eigenvalue weighted by atomic mass is 9.95. The molecule has 0 aliphatic carbocycles. The number of nitrogens with one attached hydrogen (secondary N) is 1. The molecule has 3 amide bonds. The predicted octanol–water partition coefficient (Wildman–Crippen LogP) is 1.83. The van der Waals surface area contributed by atoms with Gasteiger partial charge in [0.15, 0.2) is 0 Å². The van der Waals surface area contributed by atoms with Crippen LogP contribution in [0.25, 0.3) is 0 Å². The molecule has 0 spiro atoms. The Bertz CT molecular complexity index is 343. The fourth-order valence-corrected chi connectivity index (χ4v) is 3.15. The Kier molecular flexibility index (Phi) is 5.26. The van der Waals surface area contributed by atoms with E-state index in [1.54, 1.807) is 6.92 Å². The molecule has 2 fully saturated rings. The first-order chi connectivity index (χ1) is 9.60. The summed E-state index contributed by atoms with van der Waals surface area (Å²) in [6.07, 6.45) is 5.23. The van der Waals surface area contributed by atoms with Crippen molar-refractivity contribution in [3.05, 3.63) is 0 Å². The van der Waals surface area contributed by atoms with Gasteiger partial charge >= 0.3 is 6.03 Å². The van der Waals surface area contributed by atoms with Gasteiger partial charge in [0.25, 0.3) is 0 Å². The summed E-state index contributed by atoms with van der Waals surface area (Å²) in [7, 11) is 0. The van der Waals surface area contributed by atoms with Crippen molar-refractivity contribution in [2.75, 3.05) is 26.2 Å². The van der Waals surface area contributed by atoms with E-state index in [-0.39, 0.29) is 18.0 Å².